The van der Waals surface area contributed by atoms with Crippen LogP contribution in [0.5, 0.6) is 0 Å². The molecule has 2 aromatic carbocycles. The van der Waals surface area contributed by atoms with Crippen molar-refractivity contribution in [1.82, 2.24) is 10.2 Å². The quantitative estimate of drug-likeness (QED) is 0.497. The Bertz CT molecular complexity index is 1080. The van der Waals surface area contributed by atoms with E-state index in [1.165, 1.54) is 9.21 Å². The van der Waals surface area contributed by atoms with Gasteiger partial charge in [-0.3, -0.25) is 13.9 Å². The van der Waals surface area contributed by atoms with Crippen molar-refractivity contribution in [3.63, 3.8) is 0 Å². The Morgan fingerprint density at radius 2 is 1.65 bits per heavy atom. The number of amides is 2. The molecule has 0 bridgehead atoms. The molecule has 0 aliphatic carbocycles. The van der Waals surface area contributed by atoms with Crippen molar-refractivity contribution in [3.05, 3.63) is 64.2 Å². The van der Waals surface area contributed by atoms with E-state index in [1.54, 1.807) is 19.1 Å². The smallest absolute Gasteiger partial charge is 0.242 e. The summed E-state index contributed by atoms with van der Waals surface area (Å²) < 4.78 is 26.3. The Labute approximate surface area is 208 Å². The number of anilines is 1. The summed E-state index contributed by atoms with van der Waals surface area (Å²) in [6.45, 7) is 8.22. The van der Waals surface area contributed by atoms with Crippen molar-refractivity contribution in [1.29, 1.82) is 0 Å². The fourth-order valence-electron chi connectivity index (χ4n) is 3.79. The number of nitrogens with one attached hydrogen (secondary N) is 1. The molecule has 2 rings (SSSR count). The van der Waals surface area contributed by atoms with Crippen molar-refractivity contribution in [2.75, 3.05) is 23.7 Å². The SMILES string of the molecule is CCNC(=O)C(C)N(Cc1ccc(Cl)cc1)C(=O)CCCN(c1cc(C)cc(C)c1)S(C)(=O)=O. The van der Waals surface area contributed by atoms with Gasteiger partial charge in [0.1, 0.15) is 6.04 Å². The third-order valence-corrected chi connectivity index (χ3v) is 6.88. The summed E-state index contributed by atoms with van der Waals surface area (Å²) in [5.41, 5.74) is 3.36. The van der Waals surface area contributed by atoms with Gasteiger partial charge in [-0.2, -0.15) is 0 Å². The monoisotopic (exact) mass is 507 g/mol. The van der Waals surface area contributed by atoms with Crippen molar-refractivity contribution in [2.24, 2.45) is 0 Å². The second kappa shape index (κ2) is 12.2. The average molecular weight is 508 g/mol. The topological polar surface area (TPSA) is 86.8 Å². The van der Waals surface area contributed by atoms with E-state index in [0.717, 1.165) is 22.9 Å². The third-order valence-electron chi connectivity index (χ3n) is 5.43. The number of carbonyl (C=O) groups excluding carboxylic acids is 2. The molecule has 0 saturated carbocycles. The third kappa shape index (κ3) is 8.02. The van der Waals surface area contributed by atoms with Crippen molar-refractivity contribution in [3.8, 4) is 0 Å². The second-order valence-corrected chi connectivity index (χ2v) is 10.8. The van der Waals surface area contributed by atoms with Gasteiger partial charge in [0.2, 0.25) is 21.8 Å². The molecule has 0 spiro atoms. The lowest BCUT2D eigenvalue weighted by Gasteiger charge is -2.29. The Morgan fingerprint density at radius 1 is 1.06 bits per heavy atom. The minimum absolute atomic E-state index is 0.105. The molecule has 0 radical (unpaired) electrons. The van der Waals surface area contributed by atoms with Gasteiger partial charge in [-0.1, -0.05) is 29.8 Å². The zero-order chi connectivity index (χ0) is 25.5. The Hall–Kier alpha value is -2.58. The van der Waals surface area contributed by atoms with Gasteiger partial charge in [0.05, 0.1) is 11.9 Å². The lowest BCUT2D eigenvalue weighted by Crippen LogP contribution is -2.47. The molecule has 34 heavy (non-hydrogen) atoms. The van der Waals surface area contributed by atoms with Crippen LogP contribution in [0.2, 0.25) is 5.02 Å². The Kier molecular flexibility index (Phi) is 9.94. The molecular weight excluding hydrogens is 474 g/mol. The summed E-state index contributed by atoms with van der Waals surface area (Å²) in [5, 5.41) is 3.35. The molecule has 0 aliphatic heterocycles. The standard InChI is InChI=1S/C25H34ClN3O4S/c1-6-27-25(31)20(4)28(17-21-9-11-22(26)12-10-21)24(30)8-7-13-29(34(5,32)33)23-15-18(2)14-19(3)16-23/h9-12,14-16,20H,6-8,13,17H2,1-5H3,(H,27,31). The molecule has 1 N–H and O–H groups in total. The van der Waals surface area contributed by atoms with E-state index in [-0.39, 0.29) is 31.3 Å². The maximum absolute atomic E-state index is 13.2. The molecule has 7 nitrogen and oxygen atoms in total. The minimum Gasteiger partial charge on any atom is -0.355 e. The summed E-state index contributed by atoms with van der Waals surface area (Å²) in [6, 6.07) is 12.1. The van der Waals surface area contributed by atoms with E-state index in [4.69, 9.17) is 11.6 Å². The number of likely N-dealkylation sites (N-methyl/N-ethyl adjacent to an activating group) is 1. The first-order valence-corrected chi connectivity index (χ1v) is 13.5. The predicted octanol–water partition coefficient (Wildman–Crippen LogP) is 4.06. The predicted molar refractivity (Wildman–Crippen MR) is 137 cm³/mol. The first-order valence-electron chi connectivity index (χ1n) is 11.3. The average Bonchev–Trinajstić information content (AvgIpc) is 2.74. The van der Waals surface area contributed by atoms with Crippen LogP contribution in [0, 0.1) is 13.8 Å². The maximum atomic E-state index is 13.2. The van der Waals surface area contributed by atoms with Crippen LogP contribution in [0.15, 0.2) is 42.5 Å². The molecule has 186 valence electrons. The van der Waals surface area contributed by atoms with Gasteiger partial charge >= 0.3 is 0 Å². The van der Waals surface area contributed by atoms with Gasteiger partial charge in [0, 0.05) is 31.1 Å². The van der Waals surface area contributed by atoms with Crippen LogP contribution in [0.25, 0.3) is 0 Å². The van der Waals surface area contributed by atoms with Crippen LogP contribution >= 0.6 is 11.6 Å². The molecule has 1 atom stereocenters. The highest BCUT2D eigenvalue weighted by molar-refractivity contribution is 7.92. The Morgan fingerprint density at radius 3 is 2.18 bits per heavy atom. The van der Waals surface area contributed by atoms with Crippen molar-refractivity contribution < 1.29 is 18.0 Å². The summed E-state index contributed by atoms with van der Waals surface area (Å²) in [4.78, 5) is 27.2. The summed E-state index contributed by atoms with van der Waals surface area (Å²) in [5.74, 6) is -0.458. The number of rotatable bonds is 11. The molecule has 0 aliphatic rings. The molecule has 0 aromatic heterocycles. The number of benzene rings is 2. The van der Waals surface area contributed by atoms with E-state index in [2.05, 4.69) is 5.32 Å². The maximum Gasteiger partial charge on any atom is 0.242 e. The minimum atomic E-state index is -3.53. The molecule has 0 fully saturated rings. The van der Waals surface area contributed by atoms with Crippen LogP contribution in [0.3, 0.4) is 0 Å². The van der Waals surface area contributed by atoms with E-state index in [9.17, 15) is 18.0 Å². The van der Waals surface area contributed by atoms with Gasteiger partial charge in [0.15, 0.2) is 0 Å². The van der Waals surface area contributed by atoms with Crippen molar-refractivity contribution in [2.45, 2.75) is 53.1 Å². The van der Waals surface area contributed by atoms with Crippen LogP contribution < -0.4 is 9.62 Å². The van der Waals surface area contributed by atoms with E-state index in [0.29, 0.717) is 23.7 Å². The number of carbonyl (C=O) groups is 2. The first-order chi connectivity index (χ1) is 15.9. The largest absolute Gasteiger partial charge is 0.355 e. The number of hydrogen-bond donors (Lipinski definition) is 1. The van der Waals surface area contributed by atoms with E-state index >= 15 is 0 Å². The fraction of sp³-hybridized carbons (Fsp3) is 0.440. The zero-order valence-electron chi connectivity index (χ0n) is 20.5. The van der Waals surface area contributed by atoms with Gasteiger partial charge < -0.3 is 10.2 Å². The van der Waals surface area contributed by atoms with Crippen LogP contribution in [0.4, 0.5) is 5.69 Å². The summed E-state index contributed by atoms with van der Waals surface area (Å²) in [7, 11) is -3.53. The second-order valence-electron chi connectivity index (χ2n) is 8.50. The molecule has 0 heterocycles. The number of nitrogens with zero attached hydrogens (tertiary/aromatic N) is 2. The van der Waals surface area contributed by atoms with E-state index in [1.807, 2.05) is 51.1 Å². The Balaban J connectivity index is 2.17. The molecular formula is C25H34ClN3O4S. The van der Waals surface area contributed by atoms with Gasteiger partial charge in [0.25, 0.3) is 0 Å². The fourth-order valence-corrected chi connectivity index (χ4v) is 4.86. The van der Waals surface area contributed by atoms with Crippen LogP contribution in [-0.4, -0.2) is 50.5 Å². The number of sulfonamides is 1. The molecule has 0 saturated heterocycles. The van der Waals surface area contributed by atoms with E-state index < -0.39 is 16.1 Å². The summed E-state index contributed by atoms with van der Waals surface area (Å²) in [6.07, 6.45) is 1.59. The zero-order valence-corrected chi connectivity index (χ0v) is 22.0. The molecule has 2 amide bonds. The van der Waals surface area contributed by atoms with Gasteiger partial charge in [-0.25, -0.2) is 8.42 Å². The van der Waals surface area contributed by atoms with Crippen LogP contribution in [0.1, 0.15) is 43.4 Å². The molecule has 2 aromatic rings. The number of halogens is 1. The lowest BCUT2D eigenvalue weighted by atomic mass is 10.1. The highest BCUT2D eigenvalue weighted by Crippen LogP contribution is 2.22. The van der Waals surface area contributed by atoms with Crippen LogP contribution in [-0.2, 0) is 26.2 Å². The van der Waals surface area contributed by atoms with Gasteiger partial charge in [-0.05, 0) is 75.1 Å². The van der Waals surface area contributed by atoms with Gasteiger partial charge in [-0.15, -0.1) is 0 Å². The normalized spacial score (nSPS) is 12.2. The lowest BCUT2D eigenvalue weighted by molar-refractivity contribution is -0.140. The first kappa shape index (κ1) is 27.7. The molecule has 9 heteroatoms. The summed E-state index contributed by atoms with van der Waals surface area (Å²) >= 11 is 5.97. The number of hydrogen-bond acceptors (Lipinski definition) is 4. The van der Waals surface area contributed by atoms with Crippen molar-refractivity contribution >= 4 is 39.1 Å². The molecule has 1 unspecified atom stereocenters. The highest BCUT2D eigenvalue weighted by Gasteiger charge is 2.26. The number of aryl methyl sites for hydroxylation is 2. The highest BCUT2D eigenvalue weighted by atomic mass is 35.5.